The summed E-state index contributed by atoms with van der Waals surface area (Å²) in [6, 6.07) is 16.7. The molecular formula is C25H24N2O3. The summed E-state index contributed by atoms with van der Waals surface area (Å²) >= 11 is 0. The summed E-state index contributed by atoms with van der Waals surface area (Å²) < 4.78 is 5.32. The highest BCUT2D eigenvalue weighted by Gasteiger charge is 2.53. The van der Waals surface area contributed by atoms with Crippen LogP contribution in [0.25, 0.3) is 0 Å². The van der Waals surface area contributed by atoms with E-state index in [9.17, 15) is 15.2 Å². The third-order valence-electron chi connectivity index (χ3n) is 6.18. The molecule has 1 aliphatic heterocycles. The minimum Gasteiger partial charge on any atom is -0.495 e. The van der Waals surface area contributed by atoms with Crippen molar-refractivity contribution in [2.75, 3.05) is 13.7 Å². The van der Waals surface area contributed by atoms with Crippen LogP contribution in [0.5, 0.6) is 5.75 Å². The average molecular weight is 400 g/mol. The van der Waals surface area contributed by atoms with E-state index < -0.39 is 6.04 Å². The van der Waals surface area contributed by atoms with E-state index in [0.29, 0.717) is 0 Å². The number of aliphatic hydroxyl groups is 1. The Morgan fingerprint density at radius 1 is 1.17 bits per heavy atom. The lowest BCUT2D eigenvalue weighted by atomic mass is 9.73. The molecule has 1 heterocycles. The first-order valence-corrected chi connectivity index (χ1v) is 10.3. The normalized spacial score (nSPS) is 22.7. The van der Waals surface area contributed by atoms with E-state index in [0.717, 1.165) is 41.7 Å². The largest absolute Gasteiger partial charge is 0.495 e. The average Bonchev–Trinajstić information content (AvgIpc) is 2.72. The Morgan fingerprint density at radius 3 is 2.50 bits per heavy atom. The van der Waals surface area contributed by atoms with Gasteiger partial charge in [0.15, 0.2) is 0 Å². The topological polar surface area (TPSA) is 73.6 Å². The molecule has 4 rings (SSSR count). The van der Waals surface area contributed by atoms with Crippen molar-refractivity contribution in [3.05, 3.63) is 65.2 Å². The second-order valence-corrected chi connectivity index (χ2v) is 7.80. The number of methoxy groups -OCH3 is 1. The van der Waals surface area contributed by atoms with Gasteiger partial charge in [-0.3, -0.25) is 4.79 Å². The van der Waals surface area contributed by atoms with Crippen LogP contribution in [-0.4, -0.2) is 41.7 Å². The molecular weight excluding hydrogens is 376 g/mol. The summed E-state index contributed by atoms with van der Waals surface area (Å²) in [6.07, 6.45) is 2.83. The number of rotatable bonds is 4. The van der Waals surface area contributed by atoms with Gasteiger partial charge in [-0.15, -0.1) is 0 Å². The first kappa shape index (κ1) is 20.0. The second-order valence-electron chi connectivity index (χ2n) is 7.80. The fourth-order valence-electron chi connectivity index (χ4n) is 4.25. The van der Waals surface area contributed by atoms with Gasteiger partial charge in [-0.2, -0.15) is 5.26 Å². The van der Waals surface area contributed by atoms with Crippen molar-refractivity contribution in [2.45, 2.75) is 37.3 Å². The van der Waals surface area contributed by atoms with Crippen LogP contribution in [0.4, 0.5) is 0 Å². The van der Waals surface area contributed by atoms with Crippen molar-refractivity contribution in [3.8, 4) is 23.7 Å². The van der Waals surface area contributed by atoms with E-state index in [2.05, 4.69) is 17.9 Å². The van der Waals surface area contributed by atoms with Gasteiger partial charge in [0.2, 0.25) is 5.91 Å². The summed E-state index contributed by atoms with van der Waals surface area (Å²) in [4.78, 5) is 14.3. The smallest absolute Gasteiger partial charge is 0.227 e. The molecule has 5 nitrogen and oxygen atoms in total. The lowest BCUT2D eigenvalue weighted by Gasteiger charge is -2.53. The number of amides is 1. The number of nitriles is 1. The number of para-hydroxylation sites is 1. The maximum atomic E-state index is 12.7. The van der Waals surface area contributed by atoms with Crippen LogP contribution in [0.1, 0.15) is 41.9 Å². The van der Waals surface area contributed by atoms with E-state index in [-0.39, 0.29) is 30.4 Å². The lowest BCUT2D eigenvalue weighted by molar-refractivity contribution is -0.154. The van der Waals surface area contributed by atoms with E-state index >= 15 is 0 Å². The Hall–Kier alpha value is -3.28. The highest BCUT2D eigenvalue weighted by molar-refractivity contribution is 5.82. The highest BCUT2D eigenvalue weighted by Crippen LogP contribution is 2.43. The first-order chi connectivity index (χ1) is 14.7. The molecule has 1 N–H and O–H groups in total. The summed E-state index contributed by atoms with van der Waals surface area (Å²) in [7, 11) is 1.62. The Balaban J connectivity index is 1.52. The van der Waals surface area contributed by atoms with Crippen LogP contribution in [0.15, 0.2) is 48.5 Å². The minimum atomic E-state index is -0.527. The molecule has 2 aliphatic rings. The molecule has 0 unspecified atom stereocenters. The number of hydrogen-bond donors (Lipinski definition) is 1. The van der Waals surface area contributed by atoms with Crippen LogP contribution in [-0.2, 0) is 4.79 Å². The number of carbonyl (C=O) groups is 1. The zero-order chi connectivity index (χ0) is 21.1. The van der Waals surface area contributed by atoms with Gasteiger partial charge in [0, 0.05) is 17.4 Å². The van der Waals surface area contributed by atoms with Gasteiger partial charge in [0.25, 0.3) is 0 Å². The van der Waals surface area contributed by atoms with Gasteiger partial charge in [0.1, 0.15) is 11.8 Å². The predicted molar refractivity (Wildman–Crippen MR) is 113 cm³/mol. The number of aliphatic hydroxyl groups excluding tert-OH is 1. The zero-order valence-corrected chi connectivity index (χ0v) is 16.9. The Kier molecular flexibility index (Phi) is 5.74. The second kappa shape index (κ2) is 8.61. The van der Waals surface area contributed by atoms with Crippen molar-refractivity contribution in [1.29, 1.82) is 5.26 Å². The minimum absolute atomic E-state index is 0.0161. The Bertz CT molecular complexity index is 1020. The number of ether oxygens (including phenoxy) is 1. The molecule has 2 aromatic rings. The van der Waals surface area contributed by atoms with E-state index in [1.807, 2.05) is 48.5 Å². The fourth-order valence-corrected chi connectivity index (χ4v) is 4.25. The van der Waals surface area contributed by atoms with Gasteiger partial charge >= 0.3 is 0 Å². The maximum Gasteiger partial charge on any atom is 0.227 e. The van der Waals surface area contributed by atoms with Gasteiger partial charge in [-0.1, -0.05) is 42.5 Å². The quantitative estimate of drug-likeness (QED) is 0.801. The van der Waals surface area contributed by atoms with Crippen molar-refractivity contribution in [1.82, 2.24) is 4.90 Å². The van der Waals surface area contributed by atoms with Crippen LogP contribution in [0, 0.1) is 29.1 Å². The molecule has 0 bridgehead atoms. The van der Waals surface area contributed by atoms with Crippen molar-refractivity contribution in [3.63, 3.8) is 0 Å². The molecule has 2 fully saturated rings. The maximum absolute atomic E-state index is 12.7. The summed E-state index contributed by atoms with van der Waals surface area (Å²) in [5.41, 5.74) is 2.61. The molecule has 30 heavy (non-hydrogen) atoms. The van der Waals surface area contributed by atoms with Crippen molar-refractivity contribution >= 4 is 5.91 Å². The van der Waals surface area contributed by atoms with Crippen LogP contribution >= 0.6 is 0 Å². The standard InChI is InChI=1S/C25H24N2O3/c1-30-23-8-3-2-5-18(23)12-9-17-10-13-19(14-11-17)24-21(15-26)27(22(24)16-28)25(29)20-6-4-7-20/h2-3,5,8,10-11,13-14,20-22,24,28H,4,6-7,16H2,1H3/t21-,22+,24-/m1/s1. The summed E-state index contributed by atoms with van der Waals surface area (Å²) in [5.74, 6) is 6.84. The highest BCUT2D eigenvalue weighted by atomic mass is 16.5. The molecule has 3 atom stereocenters. The van der Waals surface area contributed by atoms with Crippen molar-refractivity contribution < 1.29 is 14.6 Å². The first-order valence-electron chi connectivity index (χ1n) is 10.3. The number of carbonyl (C=O) groups excluding carboxylic acids is 1. The number of likely N-dealkylation sites (tertiary alicyclic amines) is 1. The SMILES string of the molecule is COc1ccccc1C#Cc1ccc([C@@H]2[C@@H](C#N)N(C(=O)C3CCC3)[C@H]2CO)cc1. The third kappa shape index (κ3) is 3.54. The predicted octanol–water partition coefficient (Wildman–Crippen LogP) is 3.07. The zero-order valence-electron chi connectivity index (χ0n) is 16.9. The van der Waals surface area contributed by atoms with Crippen LogP contribution in [0.2, 0.25) is 0 Å². The van der Waals surface area contributed by atoms with Gasteiger partial charge in [0.05, 0.1) is 31.4 Å². The molecule has 152 valence electrons. The van der Waals surface area contributed by atoms with Crippen molar-refractivity contribution in [2.24, 2.45) is 5.92 Å². The van der Waals surface area contributed by atoms with Gasteiger partial charge < -0.3 is 14.7 Å². The number of nitrogens with zero attached hydrogens (tertiary/aromatic N) is 2. The monoisotopic (exact) mass is 400 g/mol. The van der Waals surface area contributed by atoms with Crippen LogP contribution in [0.3, 0.4) is 0 Å². The molecule has 1 saturated heterocycles. The Labute approximate surface area is 176 Å². The molecule has 2 aromatic carbocycles. The fraction of sp³-hybridized carbons (Fsp3) is 0.360. The number of hydrogen-bond acceptors (Lipinski definition) is 4. The molecule has 1 aliphatic carbocycles. The lowest BCUT2D eigenvalue weighted by Crippen LogP contribution is -2.66. The van der Waals surface area contributed by atoms with Gasteiger partial charge in [-0.05, 0) is 42.7 Å². The van der Waals surface area contributed by atoms with Gasteiger partial charge in [-0.25, -0.2) is 0 Å². The van der Waals surface area contributed by atoms with E-state index in [1.165, 1.54) is 0 Å². The van der Waals surface area contributed by atoms with E-state index in [4.69, 9.17) is 4.74 Å². The van der Waals surface area contributed by atoms with E-state index in [1.54, 1.807) is 12.0 Å². The van der Waals surface area contributed by atoms with Crippen LogP contribution < -0.4 is 4.74 Å². The number of benzene rings is 2. The summed E-state index contributed by atoms with van der Waals surface area (Å²) in [6.45, 7) is -0.142. The Morgan fingerprint density at radius 2 is 1.90 bits per heavy atom. The molecule has 5 heteroatoms. The molecule has 0 radical (unpaired) electrons. The molecule has 0 aromatic heterocycles. The molecule has 0 spiro atoms. The summed E-state index contributed by atoms with van der Waals surface area (Å²) in [5, 5.41) is 19.6. The molecule has 1 amide bonds. The third-order valence-corrected chi connectivity index (χ3v) is 6.18. The molecule has 1 saturated carbocycles.